The number of hydrogen-bond donors (Lipinski definition) is 1. The summed E-state index contributed by atoms with van der Waals surface area (Å²) in [4.78, 5) is 0.268. The summed E-state index contributed by atoms with van der Waals surface area (Å²) in [5, 5.41) is 0. The van der Waals surface area contributed by atoms with E-state index in [1.165, 1.54) is 4.31 Å². The van der Waals surface area contributed by atoms with Gasteiger partial charge < -0.3 is 10.2 Å². The van der Waals surface area contributed by atoms with Gasteiger partial charge >= 0.3 is 0 Å². The van der Waals surface area contributed by atoms with E-state index in [4.69, 9.17) is 10.2 Å². The molecule has 1 unspecified atom stereocenters. The third-order valence-electron chi connectivity index (χ3n) is 3.03. The van der Waals surface area contributed by atoms with E-state index in [-0.39, 0.29) is 23.3 Å². The molecule has 1 aromatic rings. The topological polar surface area (TPSA) is 76.5 Å². The van der Waals surface area contributed by atoms with Crippen LogP contribution in [0.2, 0.25) is 0 Å². The van der Waals surface area contributed by atoms with Gasteiger partial charge in [0.1, 0.15) is 16.4 Å². The second-order valence-electron chi connectivity index (χ2n) is 4.54. The van der Waals surface area contributed by atoms with Gasteiger partial charge in [0.25, 0.3) is 0 Å². The number of halogens is 1. The second-order valence-corrected chi connectivity index (χ2v) is 6.45. The van der Waals surface area contributed by atoms with Crippen LogP contribution < -0.4 is 5.73 Å². The average Bonchev–Trinajstić information content (AvgIpc) is 2.58. The molecule has 0 bridgehead atoms. The maximum Gasteiger partial charge on any atom is 0.246 e. The van der Waals surface area contributed by atoms with Crippen LogP contribution in [0.15, 0.2) is 15.4 Å². The smallest absolute Gasteiger partial charge is 0.246 e. The molecule has 2 heterocycles. The lowest BCUT2D eigenvalue weighted by Gasteiger charge is -2.29. The van der Waals surface area contributed by atoms with Crippen molar-refractivity contribution in [2.24, 2.45) is 5.73 Å². The van der Waals surface area contributed by atoms with Crippen LogP contribution in [0.1, 0.15) is 24.4 Å². The number of nitrogens with zero attached hydrogens (tertiary/aromatic N) is 1. The molecule has 0 aliphatic carbocycles. The zero-order valence-corrected chi connectivity index (χ0v) is 12.2. The Labute approximate surface area is 114 Å². The number of piperidine rings is 1. The van der Waals surface area contributed by atoms with Gasteiger partial charge in [0.2, 0.25) is 10.0 Å². The molecule has 2 N–H and O–H groups in total. The molecule has 7 heteroatoms. The van der Waals surface area contributed by atoms with E-state index in [9.17, 15) is 8.42 Å². The zero-order valence-electron chi connectivity index (χ0n) is 10.5. The van der Waals surface area contributed by atoms with Crippen molar-refractivity contribution in [3.05, 3.63) is 17.6 Å². The van der Waals surface area contributed by atoms with Gasteiger partial charge in [-0.15, -0.1) is 12.4 Å². The molecular weight excluding hydrogens is 276 g/mol. The van der Waals surface area contributed by atoms with Gasteiger partial charge in [-0.3, -0.25) is 0 Å². The lowest BCUT2D eigenvalue weighted by Crippen LogP contribution is -2.45. The van der Waals surface area contributed by atoms with E-state index in [0.29, 0.717) is 24.6 Å². The van der Waals surface area contributed by atoms with Crippen LogP contribution in [0.5, 0.6) is 0 Å². The van der Waals surface area contributed by atoms with Crippen molar-refractivity contribution >= 4 is 22.4 Å². The van der Waals surface area contributed by atoms with Crippen LogP contribution in [0.4, 0.5) is 0 Å². The molecule has 1 atom stereocenters. The van der Waals surface area contributed by atoms with E-state index >= 15 is 0 Å². The molecule has 0 amide bonds. The van der Waals surface area contributed by atoms with E-state index in [2.05, 4.69) is 0 Å². The minimum absolute atomic E-state index is 0. The van der Waals surface area contributed by atoms with Gasteiger partial charge in [0.15, 0.2) is 0 Å². The summed E-state index contributed by atoms with van der Waals surface area (Å²) < 4.78 is 31.5. The van der Waals surface area contributed by atoms with Gasteiger partial charge in [-0.2, -0.15) is 4.31 Å². The monoisotopic (exact) mass is 294 g/mol. The highest BCUT2D eigenvalue weighted by molar-refractivity contribution is 7.89. The van der Waals surface area contributed by atoms with Crippen molar-refractivity contribution in [1.82, 2.24) is 4.31 Å². The molecule has 5 nitrogen and oxygen atoms in total. The van der Waals surface area contributed by atoms with Crippen molar-refractivity contribution < 1.29 is 12.8 Å². The highest BCUT2D eigenvalue weighted by atomic mass is 35.5. The fourth-order valence-electron chi connectivity index (χ4n) is 2.19. The Kier molecular flexibility index (Phi) is 4.83. The number of furan rings is 1. The van der Waals surface area contributed by atoms with Crippen LogP contribution in [0.3, 0.4) is 0 Å². The van der Waals surface area contributed by atoms with E-state index in [0.717, 1.165) is 12.8 Å². The van der Waals surface area contributed by atoms with Gasteiger partial charge in [0.05, 0.1) is 0 Å². The molecule has 2 rings (SSSR count). The minimum Gasteiger partial charge on any atom is -0.465 e. The first-order valence-electron chi connectivity index (χ1n) is 5.74. The SMILES string of the molecule is Cc1cc(S(=O)(=O)N2CCCC(N)C2)c(C)o1.Cl. The van der Waals surface area contributed by atoms with Crippen molar-refractivity contribution in [3.63, 3.8) is 0 Å². The molecule has 0 spiro atoms. The van der Waals surface area contributed by atoms with Gasteiger partial charge in [-0.1, -0.05) is 0 Å². The summed E-state index contributed by atoms with van der Waals surface area (Å²) in [6.07, 6.45) is 1.70. The maximum atomic E-state index is 12.4. The van der Waals surface area contributed by atoms with Crippen LogP contribution in [-0.2, 0) is 10.0 Å². The van der Waals surface area contributed by atoms with E-state index in [1.807, 2.05) is 0 Å². The lowest BCUT2D eigenvalue weighted by atomic mass is 10.1. The Hall–Kier alpha value is -0.560. The number of sulfonamides is 1. The van der Waals surface area contributed by atoms with Crippen LogP contribution in [0, 0.1) is 13.8 Å². The molecule has 1 aliphatic rings. The molecule has 1 aliphatic heterocycles. The molecule has 0 saturated carbocycles. The minimum atomic E-state index is -3.45. The molecule has 0 aromatic carbocycles. The molecular formula is C11H19ClN2O3S. The predicted octanol–water partition coefficient (Wildman–Crippen LogP) is 1.43. The standard InChI is InChI=1S/C11H18N2O3S.ClH/c1-8-6-11(9(2)16-8)17(14,15)13-5-3-4-10(12)7-13;/h6,10H,3-5,7,12H2,1-2H3;1H. The number of hydrogen-bond acceptors (Lipinski definition) is 4. The summed E-state index contributed by atoms with van der Waals surface area (Å²) >= 11 is 0. The highest BCUT2D eigenvalue weighted by Gasteiger charge is 2.31. The summed E-state index contributed by atoms with van der Waals surface area (Å²) in [6, 6.07) is 1.51. The fourth-order valence-corrected chi connectivity index (χ4v) is 3.95. The Morgan fingerprint density at radius 2 is 2.11 bits per heavy atom. The Bertz CT molecular complexity index is 512. The summed E-state index contributed by atoms with van der Waals surface area (Å²) in [6.45, 7) is 4.35. The van der Waals surface area contributed by atoms with Crippen molar-refractivity contribution in [1.29, 1.82) is 0 Å². The van der Waals surface area contributed by atoms with Gasteiger partial charge in [0, 0.05) is 19.1 Å². The van der Waals surface area contributed by atoms with Crippen molar-refractivity contribution in [3.8, 4) is 0 Å². The quantitative estimate of drug-likeness (QED) is 0.895. The summed E-state index contributed by atoms with van der Waals surface area (Å²) in [5.74, 6) is 1.06. The van der Waals surface area contributed by atoms with E-state index in [1.54, 1.807) is 19.9 Å². The Morgan fingerprint density at radius 1 is 1.44 bits per heavy atom. The highest BCUT2D eigenvalue weighted by Crippen LogP contribution is 2.25. The average molecular weight is 295 g/mol. The molecule has 1 saturated heterocycles. The maximum absolute atomic E-state index is 12.4. The normalized spacial score (nSPS) is 21.6. The largest absolute Gasteiger partial charge is 0.465 e. The molecule has 104 valence electrons. The fraction of sp³-hybridized carbons (Fsp3) is 0.636. The second kappa shape index (κ2) is 5.61. The molecule has 1 fully saturated rings. The predicted molar refractivity (Wildman–Crippen MR) is 71.4 cm³/mol. The van der Waals surface area contributed by atoms with Gasteiger partial charge in [-0.05, 0) is 32.8 Å². The Morgan fingerprint density at radius 3 is 2.61 bits per heavy atom. The number of aryl methyl sites for hydroxylation is 2. The summed E-state index contributed by atoms with van der Waals surface area (Å²) in [5.41, 5.74) is 5.81. The van der Waals surface area contributed by atoms with Crippen molar-refractivity contribution in [2.75, 3.05) is 13.1 Å². The van der Waals surface area contributed by atoms with Crippen LogP contribution in [-0.4, -0.2) is 31.9 Å². The first-order chi connectivity index (χ1) is 7.91. The molecule has 0 radical (unpaired) electrons. The van der Waals surface area contributed by atoms with Gasteiger partial charge in [-0.25, -0.2) is 8.42 Å². The molecule has 18 heavy (non-hydrogen) atoms. The van der Waals surface area contributed by atoms with E-state index < -0.39 is 10.0 Å². The lowest BCUT2D eigenvalue weighted by molar-refractivity contribution is 0.315. The molecule has 1 aromatic heterocycles. The van der Waals surface area contributed by atoms with Crippen LogP contribution >= 0.6 is 12.4 Å². The Balaban J connectivity index is 0.00000162. The summed E-state index contributed by atoms with van der Waals surface area (Å²) in [7, 11) is -3.45. The first kappa shape index (κ1) is 15.5. The third kappa shape index (κ3) is 2.88. The first-order valence-corrected chi connectivity index (χ1v) is 7.18. The van der Waals surface area contributed by atoms with Crippen LogP contribution in [0.25, 0.3) is 0 Å². The number of rotatable bonds is 2. The van der Waals surface area contributed by atoms with Crippen molar-refractivity contribution in [2.45, 2.75) is 37.6 Å². The zero-order chi connectivity index (χ0) is 12.6. The third-order valence-corrected chi connectivity index (χ3v) is 5.01. The number of nitrogens with two attached hydrogens (primary N) is 1.